The molecule has 1 heterocycles. The Morgan fingerprint density at radius 2 is 2.24 bits per heavy atom. The van der Waals surface area contributed by atoms with E-state index in [4.69, 9.17) is 11.6 Å². The van der Waals surface area contributed by atoms with E-state index in [0.29, 0.717) is 0 Å². The molecule has 17 heavy (non-hydrogen) atoms. The van der Waals surface area contributed by atoms with Gasteiger partial charge in [-0.3, -0.25) is 4.79 Å². The Labute approximate surface area is 101 Å². The average molecular weight is 268 g/mol. The van der Waals surface area contributed by atoms with Crippen LogP contribution in [0.25, 0.3) is 0 Å². The van der Waals surface area contributed by atoms with Crippen molar-refractivity contribution in [2.75, 3.05) is 6.61 Å². The van der Waals surface area contributed by atoms with Crippen molar-refractivity contribution in [3.05, 3.63) is 28.3 Å². The Kier molecular flexibility index (Phi) is 4.74. The van der Waals surface area contributed by atoms with Gasteiger partial charge in [-0.25, -0.2) is 13.8 Å². The second-order valence-electron chi connectivity index (χ2n) is 3.07. The molecule has 3 nitrogen and oxygen atoms in total. The van der Waals surface area contributed by atoms with Crippen LogP contribution in [0, 0.1) is 5.95 Å². The van der Waals surface area contributed by atoms with Crippen LogP contribution < -0.4 is 0 Å². The third-order valence-corrected chi connectivity index (χ3v) is 2.24. The molecule has 0 N–H and O–H groups in total. The first-order valence-electron chi connectivity index (χ1n) is 4.74. The monoisotopic (exact) mass is 267 g/mol. The number of alkyl halides is 2. The van der Waals surface area contributed by atoms with E-state index in [2.05, 4.69) is 9.72 Å². The van der Waals surface area contributed by atoms with E-state index in [0.717, 1.165) is 6.07 Å². The smallest absolute Gasteiger partial charge is 0.310 e. The molecule has 1 aromatic rings. The van der Waals surface area contributed by atoms with Gasteiger partial charge in [0.25, 0.3) is 6.43 Å². The molecule has 7 heteroatoms. The summed E-state index contributed by atoms with van der Waals surface area (Å²) in [7, 11) is 0. The van der Waals surface area contributed by atoms with Gasteiger partial charge in [0.05, 0.1) is 18.1 Å². The normalized spacial score (nSPS) is 10.7. The second kappa shape index (κ2) is 5.86. The minimum absolute atomic E-state index is 0.120. The van der Waals surface area contributed by atoms with E-state index < -0.39 is 30.5 Å². The Morgan fingerprint density at radius 3 is 2.76 bits per heavy atom. The number of nitrogens with zero attached hydrogens (tertiary/aromatic N) is 1. The summed E-state index contributed by atoms with van der Waals surface area (Å²) in [5, 5.41) is -0.263. The van der Waals surface area contributed by atoms with Gasteiger partial charge in [0.15, 0.2) is 0 Å². The first-order valence-corrected chi connectivity index (χ1v) is 5.12. The van der Waals surface area contributed by atoms with E-state index in [1.165, 1.54) is 0 Å². The molecule has 0 amide bonds. The number of ether oxygens (including phenoxy) is 1. The number of rotatable bonds is 4. The first kappa shape index (κ1) is 13.8. The number of esters is 1. The average Bonchev–Trinajstić information content (AvgIpc) is 2.21. The fraction of sp³-hybridized carbons (Fsp3) is 0.400. The molecule has 0 radical (unpaired) electrons. The van der Waals surface area contributed by atoms with Gasteiger partial charge in [0, 0.05) is 11.6 Å². The summed E-state index contributed by atoms with van der Waals surface area (Å²) in [6.45, 7) is 1.70. The zero-order valence-electron chi connectivity index (χ0n) is 8.84. The van der Waals surface area contributed by atoms with E-state index >= 15 is 0 Å². The number of carbonyl (C=O) groups is 1. The lowest BCUT2D eigenvalue weighted by Crippen LogP contribution is -2.11. The maximum absolute atomic E-state index is 12.8. The van der Waals surface area contributed by atoms with Crippen LogP contribution in [0.1, 0.15) is 24.6 Å². The zero-order chi connectivity index (χ0) is 13.0. The van der Waals surface area contributed by atoms with Crippen molar-refractivity contribution in [2.24, 2.45) is 0 Å². The van der Waals surface area contributed by atoms with Crippen LogP contribution in [0.15, 0.2) is 6.07 Å². The van der Waals surface area contributed by atoms with Gasteiger partial charge < -0.3 is 4.74 Å². The number of pyridine rings is 1. The molecule has 0 aliphatic carbocycles. The van der Waals surface area contributed by atoms with Crippen LogP contribution in [-0.2, 0) is 16.0 Å². The number of hydrogen-bond acceptors (Lipinski definition) is 3. The molecule has 1 rings (SSSR count). The number of halogens is 4. The Bertz CT molecular complexity index is 426. The fourth-order valence-corrected chi connectivity index (χ4v) is 1.49. The van der Waals surface area contributed by atoms with Gasteiger partial charge in [-0.2, -0.15) is 4.39 Å². The summed E-state index contributed by atoms with van der Waals surface area (Å²) < 4.78 is 42.6. The Morgan fingerprint density at radius 1 is 1.59 bits per heavy atom. The summed E-state index contributed by atoms with van der Waals surface area (Å²) in [4.78, 5) is 14.2. The van der Waals surface area contributed by atoms with Crippen molar-refractivity contribution in [3.63, 3.8) is 0 Å². The van der Waals surface area contributed by atoms with Crippen molar-refractivity contribution in [3.8, 4) is 0 Å². The van der Waals surface area contributed by atoms with Crippen LogP contribution in [0.5, 0.6) is 0 Å². The third-order valence-electron chi connectivity index (χ3n) is 1.90. The second-order valence-corrected chi connectivity index (χ2v) is 3.48. The standard InChI is InChI=1S/C10H9ClF3NO2/c1-2-17-8(16)3-5-6(11)4-7(12)15-9(5)10(13)14/h4,10H,2-3H2,1H3. The lowest BCUT2D eigenvalue weighted by atomic mass is 10.1. The fourth-order valence-electron chi connectivity index (χ4n) is 1.24. The highest BCUT2D eigenvalue weighted by Gasteiger charge is 2.21. The van der Waals surface area contributed by atoms with Crippen molar-refractivity contribution in [1.82, 2.24) is 4.98 Å². The van der Waals surface area contributed by atoms with Crippen molar-refractivity contribution >= 4 is 17.6 Å². The predicted octanol–water partition coefficient (Wildman–Crippen LogP) is 2.92. The minimum Gasteiger partial charge on any atom is -0.466 e. The maximum Gasteiger partial charge on any atom is 0.310 e. The molecule has 0 aliphatic heterocycles. The van der Waals surface area contributed by atoms with Gasteiger partial charge in [-0.1, -0.05) is 11.6 Å². The Hall–Kier alpha value is -1.30. The van der Waals surface area contributed by atoms with Gasteiger partial charge in [-0.15, -0.1) is 0 Å². The van der Waals surface area contributed by atoms with Crippen LogP contribution in [-0.4, -0.2) is 17.6 Å². The van der Waals surface area contributed by atoms with Gasteiger partial charge >= 0.3 is 5.97 Å². The highest BCUT2D eigenvalue weighted by Crippen LogP contribution is 2.27. The van der Waals surface area contributed by atoms with Crippen molar-refractivity contribution in [2.45, 2.75) is 19.8 Å². The summed E-state index contributed by atoms with van der Waals surface area (Å²) in [5.74, 6) is -1.83. The molecule has 1 aromatic heterocycles. The van der Waals surface area contributed by atoms with E-state index in [9.17, 15) is 18.0 Å². The van der Waals surface area contributed by atoms with E-state index in [1.54, 1.807) is 6.92 Å². The number of hydrogen-bond donors (Lipinski definition) is 0. The zero-order valence-corrected chi connectivity index (χ0v) is 9.60. The molecule has 0 atom stereocenters. The van der Waals surface area contributed by atoms with Crippen LogP contribution in [0.2, 0.25) is 5.02 Å². The topological polar surface area (TPSA) is 39.2 Å². The number of carbonyl (C=O) groups excluding carboxylic acids is 1. The van der Waals surface area contributed by atoms with Gasteiger partial charge in [0.2, 0.25) is 5.95 Å². The summed E-state index contributed by atoms with van der Waals surface area (Å²) in [5.41, 5.74) is -1.04. The van der Waals surface area contributed by atoms with Crippen molar-refractivity contribution < 1.29 is 22.7 Å². The van der Waals surface area contributed by atoms with Gasteiger partial charge in [0.1, 0.15) is 5.69 Å². The molecule has 0 aliphatic rings. The molecule has 0 aromatic carbocycles. The molecular formula is C10H9ClF3NO2. The molecule has 0 spiro atoms. The lowest BCUT2D eigenvalue weighted by Gasteiger charge is -2.09. The number of aromatic nitrogens is 1. The maximum atomic E-state index is 12.8. The summed E-state index contributed by atoms with van der Waals surface area (Å²) in [6, 6.07) is 0.780. The lowest BCUT2D eigenvalue weighted by molar-refractivity contribution is -0.142. The van der Waals surface area contributed by atoms with Crippen LogP contribution in [0.4, 0.5) is 13.2 Å². The highest BCUT2D eigenvalue weighted by molar-refractivity contribution is 6.31. The third kappa shape index (κ3) is 3.59. The highest BCUT2D eigenvalue weighted by atomic mass is 35.5. The molecule has 0 saturated heterocycles. The van der Waals surface area contributed by atoms with Gasteiger partial charge in [-0.05, 0) is 6.92 Å². The van der Waals surface area contributed by atoms with E-state index in [1.807, 2.05) is 0 Å². The summed E-state index contributed by atoms with van der Waals surface area (Å²) >= 11 is 5.60. The van der Waals surface area contributed by atoms with Crippen LogP contribution >= 0.6 is 11.6 Å². The molecule has 0 unspecified atom stereocenters. The Balaban J connectivity index is 3.08. The van der Waals surface area contributed by atoms with Crippen LogP contribution in [0.3, 0.4) is 0 Å². The molecule has 0 bridgehead atoms. The molecule has 0 fully saturated rings. The minimum atomic E-state index is -3.01. The predicted molar refractivity (Wildman–Crippen MR) is 54.5 cm³/mol. The largest absolute Gasteiger partial charge is 0.466 e. The molecule has 94 valence electrons. The SMILES string of the molecule is CCOC(=O)Cc1c(Cl)cc(F)nc1C(F)F. The quantitative estimate of drug-likeness (QED) is 0.622. The van der Waals surface area contributed by atoms with Crippen molar-refractivity contribution in [1.29, 1.82) is 0 Å². The summed E-state index contributed by atoms with van der Waals surface area (Å²) in [6.07, 6.45) is -3.47. The molecule has 0 saturated carbocycles. The van der Waals surface area contributed by atoms with E-state index in [-0.39, 0.29) is 17.2 Å². The molecular weight excluding hydrogens is 259 g/mol. The first-order chi connectivity index (χ1) is 7.95.